The molecule has 0 aliphatic carbocycles. The Labute approximate surface area is 114 Å². The number of nitrogens with zero attached hydrogens (tertiary/aromatic N) is 1. The molecule has 1 fully saturated rings. The number of anilines is 1. The van der Waals surface area contributed by atoms with E-state index in [1.807, 2.05) is 0 Å². The van der Waals surface area contributed by atoms with Crippen LogP contribution in [-0.4, -0.2) is 30.9 Å². The van der Waals surface area contributed by atoms with E-state index in [0.717, 1.165) is 24.0 Å². The second-order valence-electron chi connectivity index (χ2n) is 4.52. The zero-order valence-corrected chi connectivity index (χ0v) is 11.2. The number of hydrogen-bond acceptors (Lipinski definition) is 3. The molecule has 6 heteroatoms. The minimum Gasteiger partial charge on any atom is -0.370 e. The molecule has 1 saturated heterocycles. The monoisotopic (exact) mass is 289 g/mol. The van der Waals surface area contributed by atoms with E-state index in [-0.39, 0.29) is 17.3 Å². The molecule has 1 aliphatic rings. The zero-order chi connectivity index (χ0) is 14.0. The van der Waals surface area contributed by atoms with Crippen molar-refractivity contribution in [3.05, 3.63) is 29.3 Å². The third-order valence-corrected chi connectivity index (χ3v) is 4.44. The van der Waals surface area contributed by atoms with Gasteiger partial charge in [-0.15, -0.1) is 0 Å². The SMILES string of the molecule is CN(c1ccc(C=O)cc1C(F)(F)F)C1CCSC1. The molecule has 1 unspecified atom stereocenters. The lowest BCUT2D eigenvalue weighted by atomic mass is 10.1. The molecule has 2 nitrogen and oxygen atoms in total. The van der Waals surface area contributed by atoms with Crippen LogP contribution in [0.4, 0.5) is 18.9 Å². The molecule has 0 radical (unpaired) electrons. The van der Waals surface area contributed by atoms with Crippen molar-refractivity contribution in [1.82, 2.24) is 0 Å². The van der Waals surface area contributed by atoms with Crippen molar-refractivity contribution >= 4 is 23.7 Å². The van der Waals surface area contributed by atoms with Gasteiger partial charge in [-0.05, 0) is 30.4 Å². The van der Waals surface area contributed by atoms with Crippen molar-refractivity contribution in [3.63, 3.8) is 0 Å². The van der Waals surface area contributed by atoms with E-state index in [9.17, 15) is 18.0 Å². The molecular weight excluding hydrogens is 275 g/mol. The van der Waals surface area contributed by atoms with Crippen LogP contribution in [0.15, 0.2) is 18.2 Å². The molecule has 2 rings (SSSR count). The Balaban J connectivity index is 2.40. The highest BCUT2D eigenvalue weighted by molar-refractivity contribution is 7.99. The Bertz CT molecular complexity index is 469. The van der Waals surface area contributed by atoms with E-state index in [2.05, 4.69) is 0 Å². The second kappa shape index (κ2) is 5.45. The molecular formula is C13H14F3NOS. The molecule has 1 aromatic carbocycles. The van der Waals surface area contributed by atoms with Gasteiger partial charge in [-0.1, -0.05) is 0 Å². The summed E-state index contributed by atoms with van der Waals surface area (Å²) in [7, 11) is 1.68. The molecule has 0 aromatic heterocycles. The Kier molecular flexibility index (Phi) is 4.08. The van der Waals surface area contributed by atoms with Crippen LogP contribution in [0.5, 0.6) is 0 Å². The normalized spacial score (nSPS) is 19.5. The molecule has 0 amide bonds. The lowest BCUT2D eigenvalue weighted by Crippen LogP contribution is -2.33. The van der Waals surface area contributed by atoms with Crippen molar-refractivity contribution in [2.24, 2.45) is 0 Å². The predicted octanol–water partition coefficient (Wildman–Crippen LogP) is 3.46. The van der Waals surface area contributed by atoms with Crippen LogP contribution >= 0.6 is 11.8 Å². The van der Waals surface area contributed by atoms with Gasteiger partial charge in [0.1, 0.15) is 6.29 Å². The highest BCUT2D eigenvalue weighted by Crippen LogP contribution is 2.38. The van der Waals surface area contributed by atoms with Crippen molar-refractivity contribution in [3.8, 4) is 0 Å². The van der Waals surface area contributed by atoms with E-state index < -0.39 is 11.7 Å². The van der Waals surface area contributed by atoms with Gasteiger partial charge in [-0.3, -0.25) is 4.79 Å². The van der Waals surface area contributed by atoms with Gasteiger partial charge in [0.15, 0.2) is 0 Å². The van der Waals surface area contributed by atoms with Crippen molar-refractivity contribution in [2.75, 3.05) is 23.5 Å². The number of aldehydes is 1. The Morgan fingerprint density at radius 1 is 1.42 bits per heavy atom. The summed E-state index contributed by atoms with van der Waals surface area (Å²) in [6.07, 6.45) is -3.13. The first-order valence-electron chi connectivity index (χ1n) is 5.90. The van der Waals surface area contributed by atoms with Crippen LogP contribution in [-0.2, 0) is 6.18 Å². The first-order chi connectivity index (χ1) is 8.93. The van der Waals surface area contributed by atoms with Crippen LogP contribution in [0.2, 0.25) is 0 Å². The van der Waals surface area contributed by atoms with Gasteiger partial charge in [0.2, 0.25) is 0 Å². The Morgan fingerprint density at radius 3 is 2.68 bits per heavy atom. The lowest BCUT2D eigenvalue weighted by molar-refractivity contribution is -0.137. The fraction of sp³-hybridized carbons (Fsp3) is 0.462. The fourth-order valence-corrected chi connectivity index (χ4v) is 3.45. The number of rotatable bonds is 3. The first kappa shape index (κ1) is 14.2. The van der Waals surface area contributed by atoms with E-state index in [1.165, 1.54) is 12.1 Å². The molecule has 1 aliphatic heterocycles. The maximum absolute atomic E-state index is 13.1. The number of carbonyl (C=O) groups is 1. The molecule has 104 valence electrons. The summed E-state index contributed by atoms with van der Waals surface area (Å²) >= 11 is 1.75. The van der Waals surface area contributed by atoms with Crippen LogP contribution in [0.3, 0.4) is 0 Å². The zero-order valence-electron chi connectivity index (χ0n) is 10.4. The molecule has 0 saturated carbocycles. The highest BCUT2D eigenvalue weighted by Gasteiger charge is 2.36. The quantitative estimate of drug-likeness (QED) is 0.795. The maximum atomic E-state index is 13.1. The Morgan fingerprint density at radius 2 is 2.16 bits per heavy atom. The average molecular weight is 289 g/mol. The van der Waals surface area contributed by atoms with Crippen LogP contribution in [0.1, 0.15) is 22.3 Å². The second-order valence-corrected chi connectivity index (χ2v) is 5.67. The largest absolute Gasteiger partial charge is 0.418 e. The number of alkyl halides is 3. The summed E-state index contributed by atoms with van der Waals surface area (Å²) in [5.41, 5.74) is -0.549. The smallest absolute Gasteiger partial charge is 0.370 e. The number of halogens is 3. The van der Waals surface area contributed by atoms with Crippen molar-refractivity contribution < 1.29 is 18.0 Å². The molecule has 0 bridgehead atoms. The van der Waals surface area contributed by atoms with Crippen LogP contribution in [0.25, 0.3) is 0 Å². The summed E-state index contributed by atoms with van der Waals surface area (Å²) in [5.74, 6) is 1.81. The fourth-order valence-electron chi connectivity index (χ4n) is 2.19. The van der Waals surface area contributed by atoms with Gasteiger partial charge >= 0.3 is 6.18 Å². The predicted molar refractivity (Wildman–Crippen MR) is 71.0 cm³/mol. The summed E-state index contributed by atoms with van der Waals surface area (Å²) in [5, 5.41) is 0. The highest BCUT2D eigenvalue weighted by atomic mass is 32.2. The van der Waals surface area contributed by atoms with E-state index in [4.69, 9.17) is 0 Å². The third-order valence-electron chi connectivity index (χ3n) is 3.30. The number of carbonyl (C=O) groups excluding carboxylic acids is 1. The average Bonchev–Trinajstić information content (AvgIpc) is 2.90. The van der Waals surface area contributed by atoms with Crippen molar-refractivity contribution in [1.29, 1.82) is 0 Å². The summed E-state index contributed by atoms with van der Waals surface area (Å²) in [4.78, 5) is 12.3. The number of thioether (sulfide) groups is 1. The van der Waals surface area contributed by atoms with Gasteiger partial charge in [0, 0.05) is 30.1 Å². The number of benzene rings is 1. The lowest BCUT2D eigenvalue weighted by Gasteiger charge is -2.29. The minimum atomic E-state index is -4.45. The Hall–Kier alpha value is -1.17. The number of hydrogen-bond donors (Lipinski definition) is 0. The molecule has 1 atom stereocenters. The van der Waals surface area contributed by atoms with Crippen LogP contribution in [0, 0.1) is 0 Å². The molecule has 0 N–H and O–H groups in total. The van der Waals surface area contributed by atoms with Gasteiger partial charge < -0.3 is 4.90 Å². The molecule has 1 heterocycles. The molecule has 0 spiro atoms. The minimum absolute atomic E-state index is 0.0465. The van der Waals surface area contributed by atoms with Crippen LogP contribution < -0.4 is 4.90 Å². The maximum Gasteiger partial charge on any atom is 0.418 e. The van der Waals surface area contributed by atoms with Gasteiger partial charge in [0.05, 0.1) is 5.56 Å². The van der Waals surface area contributed by atoms with Gasteiger partial charge in [-0.25, -0.2) is 0 Å². The first-order valence-corrected chi connectivity index (χ1v) is 7.06. The summed E-state index contributed by atoms with van der Waals surface area (Å²) in [6.45, 7) is 0. The van der Waals surface area contributed by atoms with E-state index in [1.54, 1.807) is 23.7 Å². The van der Waals surface area contributed by atoms with Gasteiger partial charge in [-0.2, -0.15) is 24.9 Å². The topological polar surface area (TPSA) is 20.3 Å². The van der Waals surface area contributed by atoms with E-state index >= 15 is 0 Å². The summed E-state index contributed by atoms with van der Waals surface area (Å²) in [6, 6.07) is 3.85. The molecule has 19 heavy (non-hydrogen) atoms. The van der Waals surface area contributed by atoms with Gasteiger partial charge in [0.25, 0.3) is 0 Å². The third kappa shape index (κ3) is 3.05. The standard InChI is InChI=1S/C13H14F3NOS/c1-17(10-4-5-19-8-10)12-3-2-9(7-18)6-11(12)13(14,15)16/h2-3,6-7,10H,4-5,8H2,1H3. The van der Waals surface area contributed by atoms with E-state index in [0.29, 0.717) is 6.29 Å². The summed E-state index contributed by atoms with van der Waals surface area (Å²) < 4.78 is 39.2. The van der Waals surface area contributed by atoms with Crippen molar-refractivity contribution in [2.45, 2.75) is 18.6 Å². The molecule has 1 aromatic rings.